The van der Waals surface area contributed by atoms with E-state index < -0.39 is 0 Å². The number of nitrogens with two attached hydrogens (primary N) is 1. The van der Waals surface area contributed by atoms with Gasteiger partial charge in [0.2, 0.25) is 0 Å². The van der Waals surface area contributed by atoms with Crippen LogP contribution in [-0.2, 0) is 6.54 Å². The molecule has 0 bridgehead atoms. The fourth-order valence-corrected chi connectivity index (χ4v) is 2.72. The summed E-state index contributed by atoms with van der Waals surface area (Å²) in [7, 11) is 0. The third-order valence-corrected chi connectivity index (χ3v) is 3.79. The second-order valence-electron chi connectivity index (χ2n) is 5.28. The van der Waals surface area contributed by atoms with Gasteiger partial charge in [-0.3, -0.25) is 4.90 Å². The third kappa shape index (κ3) is 2.96. The minimum absolute atomic E-state index is 0. The zero-order valence-corrected chi connectivity index (χ0v) is 12.0. The van der Waals surface area contributed by atoms with Crippen molar-refractivity contribution in [1.29, 1.82) is 0 Å². The van der Waals surface area contributed by atoms with E-state index in [1.807, 2.05) is 12.1 Å². The van der Waals surface area contributed by atoms with Gasteiger partial charge >= 0.3 is 0 Å². The summed E-state index contributed by atoms with van der Waals surface area (Å²) in [5.41, 5.74) is 7.26. The Morgan fingerprint density at radius 1 is 1.26 bits per heavy atom. The molecule has 1 aromatic rings. The van der Waals surface area contributed by atoms with Crippen LogP contribution in [0.4, 0.5) is 0 Å². The lowest BCUT2D eigenvalue weighted by Gasteiger charge is -2.23. The van der Waals surface area contributed by atoms with Crippen molar-refractivity contribution in [3.8, 4) is 11.5 Å². The zero-order chi connectivity index (χ0) is 12.5. The Hall–Kier alpha value is -0.970. The number of benzene rings is 1. The van der Waals surface area contributed by atoms with Crippen LogP contribution in [0.25, 0.3) is 0 Å². The van der Waals surface area contributed by atoms with Crippen molar-refractivity contribution < 1.29 is 9.47 Å². The molecule has 1 fully saturated rings. The van der Waals surface area contributed by atoms with E-state index in [4.69, 9.17) is 15.2 Å². The fourth-order valence-electron chi connectivity index (χ4n) is 2.72. The van der Waals surface area contributed by atoms with Crippen molar-refractivity contribution in [3.63, 3.8) is 0 Å². The molecule has 2 heterocycles. The summed E-state index contributed by atoms with van der Waals surface area (Å²) in [4.78, 5) is 2.39. The summed E-state index contributed by atoms with van der Waals surface area (Å²) in [5.74, 6) is 2.36. The van der Waals surface area contributed by atoms with Crippen molar-refractivity contribution >= 4 is 12.4 Å². The summed E-state index contributed by atoms with van der Waals surface area (Å²) in [6.07, 6.45) is 0. The molecule has 1 saturated heterocycles. The standard InChI is InChI=1S/C14H20N2O2.ClH/c1-10-7-16(9-12(10)15)8-11-3-2-4-13-14(11)18-6-5-17-13;/h2-4,10,12H,5-9,15H2,1H3;1H. The lowest BCUT2D eigenvalue weighted by atomic mass is 10.1. The first-order valence-corrected chi connectivity index (χ1v) is 6.59. The number of likely N-dealkylation sites (tertiary alicyclic amines) is 1. The van der Waals surface area contributed by atoms with Crippen LogP contribution in [0.5, 0.6) is 11.5 Å². The molecule has 0 aromatic heterocycles. The van der Waals surface area contributed by atoms with Gasteiger partial charge in [0.1, 0.15) is 13.2 Å². The molecule has 106 valence electrons. The molecule has 0 amide bonds. The quantitative estimate of drug-likeness (QED) is 0.897. The molecule has 3 rings (SSSR count). The molecule has 2 aliphatic rings. The number of halogens is 1. The minimum atomic E-state index is 0. The molecule has 5 heteroatoms. The molecule has 2 N–H and O–H groups in total. The number of nitrogens with zero attached hydrogens (tertiary/aromatic N) is 1. The first-order chi connectivity index (χ1) is 8.74. The maximum absolute atomic E-state index is 6.06. The highest BCUT2D eigenvalue weighted by atomic mass is 35.5. The molecule has 0 spiro atoms. The maximum atomic E-state index is 6.06. The lowest BCUT2D eigenvalue weighted by molar-refractivity contribution is 0.167. The van der Waals surface area contributed by atoms with E-state index in [9.17, 15) is 0 Å². The van der Waals surface area contributed by atoms with E-state index in [-0.39, 0.29) is 12.4 Å². The summed E-state index contributed by atoms with van der Waals surface area (Å²) in [5, 5.41) is 0. The SMILES string of the molecule is CC1CN(Cc2cccc3c2OCCO3)CC1N.Cl. The Morgan fingerprint density at radius 3 is 2.79 bits per heavy atom. The Labute approximate surface area is 120 Å². The molecule has 0 saturated carbocycles. The van der Waals surface area contributed by atoms with Gasteiger partial charge in [-0.15, -0.1) is 12.4 Å². The summed E-state index contributed by atoms with van der Waals surface area (Å²) in [6, 6.07) is 6.40. The Balaban J connectivity index is 0.00000133. The molecule has 2 atom stereocenters. The van der Waals surface area contributed by atoms with Gasteiger partial charge in [-0.2, -0.15) is 0 Å². The van der Waals surface area contributed by atoms with Gasteiger partial charge in [0, 0.05) is 31.2 Å². The van der Waals surface area contributed by atoms with E-state index in [2.05, 4.69) is 17.9 Å². The van der Waals surface area contributed by atoms with E-state index >= 15 is 0 Å². The van der Waals surface area contributed by atoms with Crippen molar-refractivity contribution in [2.75, 3.05) is 26.3 Å². The van der Waals surface area contributed by atoms with Crippen molar-refractivity contribution in [1.82, 2.24) is 4.90 Å². The molecule has 0 radical (unpaired) electrons. The molecular weight excluding hydrogens is 264 g/mol. The highest BCUT2D eigenvalue weighted by Gasteiger charge is 2.27. The lowest BCUT2D eigenvalue weighted by Crippen LogP contribution is -2.28. The van der Waals surface area contributed by atoms with Crippen LogP contribution in [0.2, 0.25) is 0 Å². The summed E-state index contributed by atoms with van der Waals surface area (Å²) < 4.78 is 11.3. The summed E-state index contributed by atoms with van der Waals surface area (Å²) in [6.45, 7) is 6.41. The fraction of sp³-hybridized carbons (Fsp3) is 0.571. The maximum Gasteiger partial charge on any atom is 0.165 e. The van der Waals surface area contributed by atoms with Crippen LogP contribution >= 0.6 is 12.4 Å². The number of para-hydroxylation sites is 1. The Kier molecular flexibility index (Phi) is 4.55. The number of hydrogen-bond acceptors (Lipinski definition) is 4. The highest BCUT2D eigenvalue weighted by molar-refractivity contribution is 5.85. The van der Waals surface area contributed by atoms with Gasteiger partial charge in [-0.05, 0) is 12.0 Å². The number of rotatable bonds is 2. The van der Waals surface area contributed by atoms with Gasteiger partial charge in [-0.1, -0.05) is 19.1 Å². The van der Waals surface area contributed by atoms with Crippen LogP contribution in [0.1, 0.15) is 12.5 Å². The largest absolute Gasteiger partial charge is 0.486 e. The number of hydrogen-bond donors (Lipinski definition) is 1. The van der Waals surface area contributed by atoms with Gasteiger partial charge in [0.05, 0.1) is 0 Å². The van der Waals surface area contributed by atoms with E-state index in [1.54, 1.807) is 0 Å². The number of fused-ring (bicyclic) bond motifs is 1. The summed E-state index contributed by atoms with van der Waals surface area (Å²) >= 11 is 0. The van der Waals surface area contributed by atoms with Crippen LogP contribution < -0.4 is 15.2 Å². The molecule has 2 aliphatic heterocycles. The van der Waals surface area contributed by atoms with Crippen molar-refractivity contribution in [2.45, 2.75) is 19.5 Å². The van der Waals surface area contributed by atoms with E-state index in [0.717, 1.165) is 31.1 Å². The molecule has 19 heavy (non-hydrogen) atoms. The van der Waals surface area contributed by atoms with E-state index in [0.29, 0.717) is 25.2 Å². The second kappa shape index (κ2) is 5.99. The van der Waals surface area contributed by atoms with Crippen LogP contribution in [0.15, 0.2) is 18.2 Å². The molecule has 4 nitrogen and oxygen atoms in total. The second-order valence-corrected chi connectivity index (χ2v) is 5.28. The van der Waals surface area contributed by atoms with Gasteiger partial charge < -0.3 is 15.2 Å². The minimum Gasteiger partial charge on any atom is -0.486 e. The van der Waals surface area contributed by atoms with Crippen molar-refractivity contribution in [3.05, 3.63) is 23.8 Å². The average molecular weight is 285 g/mol. The van der Waals surface area contributed by atoms with E-state index in [1.165, 1.54) is 5.56 Å². The van der Waals surface area contributed by atoms with Crippen molar-refractivity contribution in [2.24, 2.45) is 11.7 Å². The predicted molar refractivity (Wildman–Crippen MR) is 77.1 cm³/mol. The first-order valence-electron chi connectivity index (χ1n) is 6.59. The molecular formula is C14H21ClN2O2. The molecule has 1 aromatic carbocycles. The topological polar surface area (TPSA) is 47.7 Å². The first kappa shape index (κ1) is 14.4. The number of ether oxygens (including phenoxy) is 2. The monoisotopic (exact) mass is 284 g/mol. The van der Waals surface area contributed by atoms with Crippen LogP contribution in [0, 0.1) is 5.92 Å². The van der Waals surface area contributed by atoms with Crippen LogP contribution in [0.3, 0.4) is 0 Å². The van der Waals surface area contributed by atoms with Crippen LogP contribution in [-0.4, -0.2) is 37.2 Å². The average Bonchev–Trinajstić information content (AvgIpc) is 2.69. The molecule has 0 aliphatic carbocycles. The molecule has 2 unspecified atom stereocenters. The third-order valence-electron chi connectivity index (χ3n) is 3.79. The Morgan fingerprint density at radius 2 is 2.05 bits per heavy atom. The smallest absolute Gasteiger partial charge is 0.165 e. The van der Waals surface area contributed by atoms with Gasteiger partial charge in [0.15, 0.2) is 11.5 Å². The normalized spacial score (nSPS) is 26.0. The zero-order valence-electron chi connectivity index (χ0n) is 11.2. The highest BCUT2D eigenvalue weighted by Crippen LogP contribution is 2.34. The van der Waals surface area contributed by atoms with Gasteiger partial charge in [-0.25, -0.2) is 0 Å². The Bertz CT molecular complexity index is 431. The predicted octanol–water partition coefficient (Wildman–Crippen LogP) is 1.66. The van der Waals surface area contributed by atoms with Gasteiger partial charge in [0.25, 0.3) is 0 Å².